The van der Waals surface area contributed by atoms with Gasteiger partial charge in [0.15, 0.2) is 0 Å². The van der Waals surface area contributed by atoms with E-state index in [2.05, 4.69) is 27.7 Å². The van der Waals surface area contributed by atoms with E-state index in [1.165, 1.54) is 12.8 Å². The molecule has 4 fully saturated rings. The summed E-state index contributed by atoms with van der Waals surface area (Å²) in [5.74, 6) is 0. The Labute approximate surface area is 257 Å². The van der Waals surface area contributed by atoms with Gasteiger partial charge in [-0.25, -0.2) is 0 Å². The number of hydrogen-bond acceptors (Lipinski definition) is 8. The summed E-state index contributed by atoms with van der Waals surface area (Å²) in [4.78, 5) is 0. The largest absolute Gasteiger partial charge is 0.381 e. The van der Waals surface area contributed by atoms with E-state index in [1.54, 1.807) is 0 Å². The van der Waals surface area contributed by atoms with Gasteiger partial charge in [-0.05, 0) is 51.4 Å². The molecule has 0 aliphatic carbocycles. The minimum Gasteiger partial charge on any atom is -0.381 e. The molecule has 4 aliphatic rings. The average molecular weight is 601 g/mol. The molecule has 4 heterocycles. The average Bonchev–Trinajstić information content (AvgIpc) is 2.92. The Bertz CT molecular complexity index is 605. The van der Waals surface area contributed by atoms with Gasteiger partial charge < -0.3 is 37.9 Å². The van der Waals surface area contributed by atoms with Crippen molar-refractivity contribution in [1.82, 2.24) is 0 Å². The molecular weight excluding hydrogens is 536 g/mol. The first-order valence-electron chi connectivity index (χ1n) is 17.1. The summed E-state index contributed by atoms with van der Waals surface area (Å²) in [6.45, 7) is 22.8. The molecule has 0 radical (unpaired) electrons. The van der Waals surface area contributed by atoms with Gasteiger partial charge in [-0.3, -0.25) is 0 Å². The molecule has 4 rings (SSSR count). The first-order valence-corrected chi connectivity index (χ1v) is 17.1. The fourth-order valence-corrected chi connectivity index (χ4v) is 5.45. The van der Waals surface area contributed by atoms with E-state index in [0.717, 1.165) is 157 Å². The highest BCUT2D eigenvalue weighted by molar-refractivity contribution is 4.86. The third kappa shape index (κ3) is 11.6. The lowest BCUT2D eigenvalue weighted by atomic mass is 9.84. The lowest BCUT2D eigenvalue weighted by molar-refractivity contribution is -0.153. The summed E-state index contributed by atoms with van der Waals surface area (Å²) >= 11 is 0. The molecule has 8 nitrogen and oxygen atoms in total. The second kappa shape index (κ2) is 19.3. The van der Waals surface area contributed by atoms with Gasteiger partial charge in [0.25, 0.3) is 0 Å². The van der Waals surface area contributed by atoms with Gasteiger partial charge in [0.2, 0.25) is 0 Å². The maximum Gasteiger partial charge on any atom is 0.0566 e. The van der Waals surface area contributed by atoms with E-state index in [1.807, 2.05) is 0 Å². The van der Waals surface area contributed by atoms with Crippen molar-refractivity contribution >= 4 is 0 Å². The molecule has 42 heavy (non-hydrogen) atoms. The van der Waals surface area contributed by atoms with Crippen LogP contribution < -0.4 is 0 Å². The molecule has 0 amide bonds. The van der Waals surface area contributed by atoms with E-state index >= 15 is 0 Å². The predicted octanol–water partition coefficient (Wildman–Crippen LogP) is 6.09. The molecular formula is C34H64O8. The monoisotopic (exact) mass is 600 g/mol. The fourth-order valence-electron chi connectivity index (χ4n) is 5.45. The lowest BCUT2D eigenvalue weighted by Crippen LogP contribution is -2.46. The van der Waals surface area contributed by atoms with Crippen molar-refractivity contribution in [3.8, 4) is 0 Å². The van der Waals surface area contributed by atoms with Crippen molar-refractivity contribution in [2.24, 2.45) is 21.7 Å². The molecule has 0 saturated carbocycles. The van der Waals surface area contributed by atoms with Crippen LogP contribution in [0.3, 0.4) is 0 Å². The zero-order chi connectivity index (χ0) is 30.0. The number of ether oxygens (including phenoxy) is 8. The molecule has 0 aromatic carbocycles. The molecule has 0 N–H and O–H groups in total. The maximum absolute atomic E-state index is 5.82. The quantitative estimate of drug-likeness (QED) is 0.123. The lowest BCUT2D eigenvalue weighted by Gasteiger charge is -2.40. The highest BCUT2D eigenvalue weighted by Crippen LogP contribution is 2.33. The van der Waals surface area contributed by atoms with Gasteiger partial charge in [0.05, 0.1) is 79.3 Å². The minimum atomic E-state index is 0.314. The number of unbranched alkanes of at least 4 members (excludes halogenated alkanes) is 4. The van der Waals surface area contributed by atoms with Crippen molar-refractivity contribution in [1.29, 1.82) is 0 Å². The van der Waals surface area contributed by atoms with E-state index in [0.29, 0.717) is 21.7 Å². The highest BCUT2D eigenvalue weighted by Gasteiger charge is 2.39. The summed E-state index contributed by atoms with van der Waals surface area (Å²) in [5.41, 5.74) is 1.28. The van der Waals surface area contributed by atoms with E-state index in [9.17, 15) is 0 Å². The molecule has 0 bridgehead atoms. The highest BCUT2D eigenvalue weighted by atomic mass is 16.5. The third-order valence-corrected chi connectivity index (χ3v) is 10.1. The molecule has 4 aliphatic heterocycles. The summed E-state index contributed by atoms with van der Waals surface area (Å²) in [6, 6.07) is 0. The van der Waals surface area contributed by atoms with Crippen LogP contribution in [0.2, 0.25) is 0 Å². The molecule has 4 saturated heterocycles. The Balaban J connectivity index is 0.000000231. The van der Waals surface area contributed by atoms with Crippen LogP contribution in [0.4, 0.5) is 0 Å². The molecule has 248 valence electrons. The predicted molar refractivity (Wildman–Crippen MR) is 165 cm³/mol. The summed E-state index contributed by atoms with van der Waals surface area (Å²) < 4.78 is 44.4. The molecule has 0 aromatic heterocycles. The van der Waals surface area contributed by atoms with Crippen LogP contribution in [0.25, 0.3) is 0 Å². The Morgan fingerprint density at radius 2 is 0.571 bits per heavy atom. The van der Waals surface area contributed by atoms with E-state index < -0.39 is 0 Å². The SMILES string of the molecule is CCC1(COCCCCCCOCC2(CC)COC2)COC1.CCC1(COCCCCOCC2(CC)COC2)COC1. The minimum absolute atomic E-state index is 0.314. The van der Waals surface area contributed by atoms with Crippen LogP contribution in [0.15, 0.2) is 0 Å². The van der Waals surface area contributed by atoms with Crippen molar-refractivity contribution in [3.05, 3.63) is 0 Å². The van der Waals surface area contributed by atoms with Gasteiger partial charge in [-0.1, -0.05) is 40.5 Å². The van der Waals surface area contributed by atoms with Crippen molar-refractivity contribution in [3.63, 3.8) is 0 Å². The second-order valence-corrected chi connectivity index (χ2v) is 13.7. The first kappa shape index (κ1) is 36.2. The van der Waals surface area contributed by atoms with Gasteiger partial charge in [0.1, 0.15) is 0 Å². The topological polar surface area (TPSA) is 73.8 Å². The van der Waals surface area contributed by atoms with Crippen molar-refractivity contribution in [2.45, 2.75) is 91.9 Å². The van der Waals surface area contributed by atoms with Gasteiger partial charge in [-0.2, -0.15) is 0 Å². The zero-order valence-electron chi connectivity index (χ0n) is 27.7. The Hall–Kier alpha value is -0.320. The summed E-state index contributed by atoms with van der Waals surface area (Å²) in [6.07, 6.45) is 11.6. The maximum atomic E-state index is 5.82. The van der Waals surface area contributed by atoms with Crippen molar-refractivity contribution in [2.75, 3.05) is 106 Å². The Morgan fingerprint density at radius 1 is 0.357 bits per heavy atom. The summed E-state index contributed by atoms with van der Waals surface area (Å²) in [5, 5.41) is 0. The first-order chi connectivity index (χ1) is 20.5. The van der Waals surface area contributed by atoms with Gasteiger partial charge in [-0.15, -0.1) is 0 Å². The fraction of sp³-hybridized carbons (Fsp3) is 1.00. The molecule has 0 aromatic rings. The summed E-state index contributed by atoms with van der Waals surface area (Å²) in [7, 11) is 0. The Kier molecular flexibility index (Phi) is 16.6. The van der Waals surface area contributed by atoms with Gasteiger partial charge >= 0.3 is 0 Å². The van der Waals surface area contributed by atoms with E-state index in [4.69, 9.17) is 37.9 Å². The van der Waals surface area contributed by atoms with Crippen LogP contribution >= 0.6 is 0 Å². The Morgan fingerprint density at radius 3 is 0.738 bits per heavy atom. The van der Waals surface area contributed by atoms with Crippen LogP contribution in [0.1, 0.15) is 91.9 Å². The standard InChI is InChI=1S/C18H34O4.C16H30O4/c1-3-17(13-21-14-17)11-19-9-7-5-6-8-10-20-12-18(4-2)15-22-16-18;1-3-15(11-19-12-15)9-17-7-5-6-8-18-10-16(4-2)13-20-14-16/h3-16H2,1-2H3;3-14H2,1-2H3. The molecule has 0 unspecified atom stereocenters. The van der Waals surface area contributed by atoms with Crippen LogP contribution in [0.5, 0.6) is 0 Å². The van der Waals surface area contributed by atoms with Crippen molar-refractivity contribution < 1.29 is 37.9 Å². The molecule has 0 spiro atoms. The van der Waals surface area contributed by atoms with Crippen LogP contribution in [-0.2, 0) is 37.9 Å². The normalized spacial score (nSPS) is 22.6. The van der Waals surface area contributed by atoms with Gasteiger partial charge in [0, 0.05) is 48.1 Å². The van der Waals surface area contributed by atoms with Crippen LogP contribution in [-0.4, -0.2) is 106 Å². The smallest absolute Gasteiger partial charge is 0.0566 e. The number of rotatable bonds is 24. The third-order valence-electron chi connectivity index (χ3n) is 10.1. The zero-order valence-corrected chi connectivity index (χ0v) is 27.7. The molecule has 8 heteroatoms. The second-order valence-electron chi connectivity index (χ2n) is 13.7. The number of hydrogen-bond donors (Lipinski definition) is 0. The van der Waals surface area contributed by atoms with E-state index in [-0.39, 0.29) is 0 Å². The molecule has 0 atom stereocenters. The van der Waals surface area contributed by atoms with Crippen LogP contribution in [0, 0.1) is 21.7 Å².